The highest BCUT2D eigenvalue weighted by Crippen LogP contribution is 2.32. The molecular formula is C32H27FN6O2S. The molecule has 2 unspecified atom stereocenters. The van der Waals surface area contributed by atoms with Gasteiger partial charge in [0.05, 0.1) is 36.6 Å². The van der Waals surface area contributed by atoms with E-state index in [1.807, 2.05) is 59.3 Å². The molecule has 6 aromatic rings. The van der Waals surface area contributed by atoms with E-state index in [2.05, 4.69) is 31.6 Å². The minimum Gasteiger partial charge on any atom is -0.616 e. The third-order valence-corrected chi connectivity index (χ3v) is 7.67. The lowest BCUT2D eigenvalue weighted by Gasteiger charge is -2.15. The third-order valence-electron chi connectivity index (χ3n) is 6.87. The van der Waals surface area contributed by atoms with Gasteiger partial charge in [-0.2, -0.15) is 5.10 Å². The first-order valence-corrected chi connectivity index (χ1v) is 15.0. The second kappa shape index (κ2) is 12.0. The minimum atomic E-state index is -1.03. The summed E-state index contributed by atoms with van der Waals surface area (Å²) in [5.74, 6) is 4.67. The molecule has 2 N–H and O–H groups in total. The molecule has 210 valence electrons. The maximum Gasteiger partial charge on any atom is 0.141 e. The van der Waals surface area contributed by atoms with Crippen molar-refractivity contribution in [2.24, 2.45) is 0 Å². The van der Waals surface area contributed by atoms with Gasteiger partial charge in [0, 0.05) is 22.0 Å². The molecule has 3 aromatic carbocycles. The zero-order valence-corrected chi connectivity index (χ0v) is 23.6. The van der Waals surface area contributed by atoms with Crippen molar-refractivity contribution in [2.75, 3.05) is 23.9 Å². The zero-order chi connectivity index (χ0) is 29.1. The van der Waals surface area contributed by atoms with Crippen LogP contribution in [0.2, 0.25) is 0 Å². The molecule has 0 aliphatic rings. The normalized spacial score (nSPS) is 12.8. The van der Waals surface area contributed by atoms with E-state index < -0.39 is 11.2 Å². The minimum absolute atomic E-state index is 0.255. The van der Waals surface area contributed by atoms with Gasteiger partial charge in [-0.15, -0.1) is 6.42 Å². The van der Waals surface area contributed by atoms with Crippen LogP contribution < -0.4 is 10.6 Å². The van der Waals surface area contributed by atoms with Crippen LogP contribution in [-0.2, 0) is 17.7 Å². The number of furan rings is 1. The van der Waals surface area contributed by atoms with Gasteiger partial charge in [0.15, 0.2) is 0 Å². The molecule has 8 nitrogen and oxygen atoms in total. The smallest absolute Gasteiger partial charge is 0.141 e. The summed E-state index contributed by atoms with van der Waals surface area (Å²) in [6, 6.07) is 21.9. The number of benzene rings is 3. The first-order chi connectivity index (χ1) is 20.5. The molecule has 0 spiro atoms. The molecule has 42 heavy (non-hydrogen) atoms. The summed E-state index contributed by atoms with van der Waals surface area (Å²) in [4.78, 5) is 8.95. The van der Waals surface area contributed by atoms with Crippen LogP contribution in [0.3, 0.4) is 0 Å². The first-order valence-electron chi connectivity index (χ1n) is 13.3. The Morgan fingerprint density at radius 3 is 2.83 bits per heavy atom. The van der Waals surface area contributed by atoms with Crippen molar-refractivity contribution in [3.8, 4) is 23.7 Å². The van der Waals surface area contributed by atoms with Crippen molar-refractivity contribution in [1.82, 2.24) is 25.1 Å². The molecule has 0 aliphatic carbocycles. The standard InChI is InChI=1S/C32H27FN6O2S/c1-3-13-34-28(19-42(2)40)31-12-11-30(41-31)22-7-9-27-26(16-22)32(36-20-35-27)38-25-8-10-29-23(15-25)17-37-39(29)18-21-5-4-6-24(33)14-21/h1,4-12,14-17,20,28,34H,13,18-19H2,2H3,(H,35,36,38). The van der Waals surface area contributed by atoms with Gasteiger partial charge < -0.3 is 14.3 Å². The number of fused-ring (bicyclic) bond motifs is 2. The molecule has 0 radical (unpaired) electrons. The summed E-state index contributed by atoms with van der Waals surface area (Å²) >= 11 is -1.03. The molecule has 0 saturated carbocycles. The average Bonchev–Trinajstić information content (AvgIpc) is 3.63. The molecular weight excluding hydrogens is 551 g/mol. The van der Waals surface area contributed by atoms with Gasteiger partial charge in [0.25, 0.3) is 0 Å². The van der Waals surface area contributed by atoms with Crippen LogP contribution >= 0.6 is 0 Å². The van der Waals surface area contributed by atoms with Gasteiger partial charge in [-0.3, -0.25) is 10.00 Å². The lowest BCUT2D eigenvalue weighted by molar-refractivity contribution is 0.449. The quantitative estimate of drug-likeness (QED) is 0.156. The maximum atomic E-state index is 13.6. The number of hydrogen-bond acceptors (Lipinski definition) is 7. The Morgan fingerprint density at radius 1 is 1.10 bits per heavy atom. The summed E-state index contributed by atoms with van der Waals surface area (Å²) in [6.07, 6.45) is 10.4. The predicted octanol–water partition coefficient (Wildman–Crippen LogP) is 5.81. The van der Waals surface area contributed by atoms with Crippen molar-refractivity contribution in [1.29, 1.82) is 0 Å². The van der Waals surface area contributed by atoms with E-state index >= 15 is 0 Å². The summed E-state index contributed by atoms with van der Waals surface area (Å²) in [5.41, 5.74) is 4.26. The fourth-order valence-electron chi connectivity index (χ4n) is 4.90. The third kappa shape index (κ3) is 5.99. The molecule has 10 heteroatoms. The lowest BCUT2D eigenvalue weighted by atomic mass is 10.1. The van der Waals surface area contributed by atoms with Gasteiger partial charge in [0.2, 0.25) is 0 Å². The van der Waals surface area contributed by atoms with Crippen molar-refractivity contribution in [2.45, 2.75) is 12.6 Å². The fourth-order valence-corrected chi connectivity index (χ4v) is 5.65. The summed E-state index contributed by atoms with van der Waals surface area (Å²) in [5, 5.41) is 12.9. The Kier molecular flexibility index (Phi) is 7.88. The SMILES string of the molecule is C#CCNC(C[S+](C)[O-])c1ccc(-c2ccc3ncnc(Nc4ccc5c(cnn5Cc5cccc(F)c5)c4)c3c2)o1. The summed E-state index contributed by atoms with van der Waals surface area (Å²) in [6.45, 7) is 0.818. The van der Waals surface area contributed by atoms with Gasteiger partial charge >= 0.3 is 0 Å². The van der Waals surface area contributed by atoms with Crippen molar-refractivity contribution in [3.63, 3.8) is 0 Å². The molecule has 6 rings (SSSR count). The number of nitrogens with one attached hydrogen (secondary N) is 2. The first kappa shape index (κ1) is 27.5. The molecule has 0 saturated heterocycles. The largest absolute Gasteiger partial charge is 0.616 e. The van der Waals surface area contributed by atoms with Gasteiger partial charge in [-0.05, 0) is 66.2 Å². The fraction of sp³-hybridized carbons (Fsp3) is 0.156. The van der Waals surface area contributed by atoms with E-state index in [0.717, 1.165) is 38.6 Å². The van der Waals surface area contributed by atoms with Crippen LogP contribution in [-0.4, -0.2) is 42.9 Å². The van der Waals surface area contributed by atoms with Crippen LogP contribution in [0.15, 0.2) is 89.7 Å². The van der Waals surface area contributed by atoms with Crippen LogP contribution in [0.1, 0.15) is 17.4 Å². The monoisotopic (exact) mass is 578 g/mol. The van der Waals surface area contributed by atoms with Crippen molar-refractivity contribution < 1.29 is 13.4 Å². The highest BCUT2D eigenvalue weighted by molar-refractivity contribution is 7.90. The van der Waals surface area contributed by atoms with E-state index in [1.165, 1.54) is 18.5 Å². The Balaban J connectivity index is 1.26. The van der Waals surface area contributed by atoms with Gasteiger partial charge in [-0.25, -0.2) is 14.4 Å². The lowest BCUT2D eigenvalue weighted by Crippen LogP contribution is -2.27. The molecule has 0 bridgehead atoms. The predicted molar refractivity (Wildman–Crippen MR) is 164 cm³/mol. The van der Waals surface area contributed by atoms with Gasteiger partial charge in [0.1, 0.15) is 41.3 Å². The topological polar surface area (TPSA) is 104 Å². The number of anilines is 2. The summed E-state index contributed by atoms with van der Waals surface area (Å²) < 4.78 is 33.6. The number of hydrogen-bond donors (Lipinski definition) is 2. The Labute approximate surface area is 245 Å². The number of halogens is 1. The number of aromatic nitrogens is 4. The van der Waals surface area contributed by atoms with Crippen LogP contribution in [0.25, 0.3) is 33.1 Å². The molecule has 3 heterocycles. The van der Waals surface area contributed by atoms with E-state index in [1.54, 1.807) is 18.5 Å². The Bertz CT molecular complexity index is 1910. The molecule has 0 amide bonds. The Hall–Kier alpha value is -4.69. The number of terminal acetylenes is 1. The molecule has 2 atom stereocenters. The second-order valence-electron chi connectivity index (χ2n) is 9.86. The second-order valence-corrected chi connectivity index (χ2v) is 11.3. The van der Waals surface area contributed by atoms with Crippen LogP contribution in [0.4, 0.5) is 15.9 Å². The van der Waals surface area contributed by atoms with Crippen LogP contribution in [0.5, 0.6) is 0 Å². The molecule has 3 aromatic heterocycles. The highest BCUT2D eigenvalue weighted by atomic mass is 32.2. The average molecular weight is 579 g/mol. The molecule has 0 aliphatic heterocycles. The number of rotatable bonds is 10. The van der Waals surface area contributed by atoms with Gasteiger partial charge in [-0.1, -0.05) is 29.2 Å². The maximum absolute atomic E-state index is 13.6. The zero-order valence-electron chi connectivity index (χ0n) is 22.8. The van der Waals surface area contributed by atoms with Crippen molar-refractivity contribution >= 4 is 44.5 Å². The van der Waals surface area contributed by atoms with E-state index in [-0.39, 0.29) is 11.9 Å². The van der Waals surface area contributed by atoms with Crippen molar-refractivity contribution in [3.05, 3.63) is 102 Å². The van der Waals surface area contributed by atoms with E-state index in [9.17, 15) is 8.94 Å². The molecule has 0 fully saturated rings. The van der Waals surface area contributed by atoms with E-state index in [0.29, 0.717) is 36.2 Å². The Morgan fingerprint density at radius 2 is 2.00 bits per heavy atom. The summed E-state index contributed by atoms with van der Waals surface area (Å²) in [7, 11) is 0. The highest BCUT2D eigenvalue weighted by Gasteiger charge is 2.20. The van der Waals surface area contributed by atoms with Crippen LogP contribution in [0, 0.1) is 18.2 Å². The van der Waals surface area contributed by atoms with E-state index in [4.69, 9.17) is 10.8 Å². The number of nitrogens with zero attached hydrogens (tertiary/aromatic N) is 4.